The number of nitrogens with one attached hydrogen (secondary N) is 1. The molecule has 1 amide bonds. The highest BCUT2D eigenvalue weighted by Gasteiger charge is 2.19. The maximum Gasteiger partial charge on any atom is 0.276 e. The largest absolute Gasteiger partial charge is 0.276 e. The fourth-order valence-corrected chi connectivity index (χ4v) is 3.01. The predicted molar refractivity (Wildman–Crippen MR) is 67.9 cm³/mol. The van der Waals surface area contributed by atoms with E-state index in [4.69, 9.17) is 0 Å². The van der Waals surface area contributed by atoms with E-state index in [0.29, 0.717) is 5.69 Å². The summed E-state index contributed by atoms with van der Waals surface area (Å²) in [6, 6.07) is 9.28. The summed E-state index contributed by atoms with van der Waals surface area (Å²) in [6.45, 7) is 1.74. The average Bonchev–Trinajstić information content (AvgIpc) is 2.77. The van der Waals surface area contributed by atoms with E-state index in [2.05, 4.69) is 4.37 Å². The lowest BCUT2D eigenvalue weighted by Crippen LogP contribution is -2.29. The molecule has 1 aromatic heterocycles. The lowest BCUT2D eigenvalue weighted by Gasteiger charge is -2.04. The summed E-state index contributed by atoms with van der Waals surface area (Å²) in [5.41, 5.74) is 0.683. The number of rotatable bonds is 3. The molecule has 1 N–H and O–H groups in total. The smallest absolute Gasteiger partial charge is 0.267 e. The van der Waals surface area contributed by atoms with Gasteiger partial charge in [-0.05, 0) is 36.7 Å². The predicted octanol–water partition coefficient (Wildman–Crippen LogP) is 1.57. The van der Waals surface area contributed by atoms with Crippen molar-refractivity contribution in [3.05, 3.63) is 47.0 Å². The van der Waals surface area contributed by atoms with Crippen molar-refractivity contribution >= 4 is 27.5 Å². The minimum Gasteiger partial charge on any atom is -0.267 e. The van der Waals surface area contributed by atoms with Crippen LogP contribution >= 0.6 is 11.5 Å². The number of hydrogen-bond donors (Lipinski definition) is 1. The summed E-state index contributed by atoms with van der Waals surface area (Å²) >= 11 is 0.967. The standard InChI is InChI=1S/C11H10N2O3S2/c1-8-7-10(17-12-8)11(14)13-18(15,16)9-5-3-2-4-6-9/h2-7H,1H3,(H,13,14). The Labute approximate surface area is 109 Å². The molecule has 1 aromatic carbocycles. The van der Waals surface area contributed by atoms with Gasteiger partial charge in [0.15, 0.2) is 0 Å². The molecule has 1 heterocycles. The number of benzene rings is 1. The highest BCUT2D eigenvalue weighted by atomic mass is 32.2. The van der Waals surface area contributed by atoms with E-state index in [1.54, 1.807) is 31.2 Å². The van der Waals surface area contributed by atoms with Crippen LogP contribution in [-0.4, -0.2) is 18.7 Å². The van der Waals surface area contributed by atoms with Crippen molar-refractivity contribution in [1.82, 2.24) is 9.10 Å². The van der Waals surface area contributed by atoms with Gasteiger partial charge in [-0.2, -0.15) is 4.37 Å². The number of amides is 1. The molecule has 2 aromatic rings. The van der Waals surface area contributed by atoms with Crippen molar-refractivity contribution in [2.45, 2.75) is 11.8 Å². The minimum absolute atomic E-state index is 0.0552. The monoisotopic (exact) mass is 282 g/mol. The summed E-state index contributed by atoms with van der Waals surface area (Å²) < 4.78 is 29.7. The maximum absolute atomic E-state index is 11.9. The van der Waals surface area contributed by atoms with Gasteiger partial charge in [-0.1, -0.05) is 18.2 Å². The van der Waals surface area contributed by atoms with Crippen LogP contribution in [0.2, 0.25) is 0 Å². The van der Waals surface area contributed by atoms with Gasteiger partial charge < -0.3 is 0 Å². The third-order valence-corrected chi connectivity index (χ3v) is 4.36. The molecule has 0 atom stereocenters. The molecule has 94 valence electrons. The summed E-state index contributed by atoms with van der Waals surface area (Å²) in [4.78, 5) is 12.1. The molecule has 7 heteroatoms. The van der Waals surface area contributed by atoms with Crippen molar-refractivity contribution < 1.29 is 13.2 Å². The lowest BCUT2D eigenvalue weighted by atomic mass is 10.4. The second-order valence-corrected chi connectivity index (χ2v) is 6.07. The first-order chi connectivity index (χ1) is 8.49. The number of aryl methyl sites for hydroxylation is 1. The van der Waals surface area contributed by atoms with Gasteiger partial charge in [0.1, 0.15) is 4.88 Å². The first-order valence-corrected chi connectivity index (χ1v) is 7.30. The van der Waals surface area contributed by atoms with Crippen LogP contribution in [0.3, 0.4) is 0 Å². The van der Waals surface area contributed by atoms with Crippen molar-refractivity contribution in [3.8, 4) is 0 Å². The molecule has 0 fully saturated rings. The maximum atomic E-state index is 11.9. The minimum atomic E-state index is -3.82. The van der Waals surface area contributed by atoms with E-state index in [1.807, 2.05) is 4.72 Å². The number of sulfonamides is 1. The molecule has 0 radical (unpaired) electrons. The molecular weight excluding hydrogens is 272 g/mol. The van der Waals surface area contributed by atoms with Crippen LogP contribution in [0.4, 0.5) is 0 Å². The van der Waals surface area contributed by atoms with Crippen molar-refractivity contribution in [3.63, 3.8) is 0 Å². The zero-order valence-electron chi connectivity index (χ0n) is 9.45. The summed E-state index contributed by atoms with van der Waals surface area (Å²) in [5, 5.41) is 0. The Morgan fingerprint density at radius 1 is 1.28 bits per heavy atom. The van der Waals surface area contributed by atoms with Crippen molar-refractivity contribution in [1.29, 1.82) is 0 Å². The topological polar surface area (TPSA) is 76.1 Å². The second kappa shape index (κ2) is 4.87. The summed E-state index contributed by atoms with van der Waals surface area (Å²) in [6.07, 6.45) is 0. The first-order valence-electron chi connectivity index (χ1n) is 5.04. The molecule has 0 unspecified atom stereocenters. The Morgan fingerprint density at radius 3 is 2.50 bits per heavy atom. The van der Waals surface area contributed by atoms with Gasteiger partial charge in [-0.15, -0.1) is 0 Å². The Hall–Kier alpha value is -1.73. The molecule has 2 rings (SSSR count). The number of aromatic nitrogens is 1. The Balaban J connectivity index is 2.22. The average molecular weight is 282 g/mol. The van der Waals surface area contributed by atoms with Gasteiger partial charge in [0.2, 0.25) is 0 Å². The van der Waals surface area contributed by atoms with Crippen LogP contribution in [0.5, 0.6) is 0 Å². The zero-order valence-corrected chi connectivity index (χ0v) is 11.1. The number of hydrogen-bond acceptors (Lipinski definition) is 5. The first kappa shape index (κ1) is 12.7. The molecule has 0 bridgehead atoms. The van der Waals surface area contributed by atoms with E-state index >= 15 is 0 Å². The van der Waals surface area contributed by atoms with Gasteiger partial charge in [0.05, 0.1) is 10.6 Å². The SMILES string of the molecule is Cc1cc(C(=O)NS(=O)(=O)c2ccccc2)sn1. The molecule has 0 aliphatic heterocycles. The zero-order chi connectivity index (χ0) is 13.2. The van der Waals surface area contributed by atoms with Crippen molar-refractivity contribution in [2.75, 3.05) is 0 Å². The Morgan fingerprint density at radius 2 is 1.94 bits per heavy atom. The normalized spacial score (nSPS) is 11.2. The van der Waals surface area contributed by atoms with Gasteiger partial charge in [-0.3, -0.25) is 4.79 Å². The fourth-order valence-electron chi connectivity index (χ4n) is 1.30. The van der Waals surface area contributed by atoms with E-state index in [9.17, 15) is 13.2 Å². The second-order valence-electron chi connectivity index (χ2n) is 3.58. The van der Waals surface area contributed by atoms with Crippen LogP contribution in [0.1, 0.15) is 15.4 Å². The molecule has 5 nitrogen and oxygen atoms in total. The highest BCUT2D eigenvalue weighted by Crippen LogP contribution is 2.12. The molecule has 0 aliphatic carbocycles. The van der Waals surface area contributed by atoms with Crippen molar-refractivity contribution in [2.24, 2.45) is 0 Å². The van der Waals surface area contributed by atoms with E-state index in [0.717, 1.165) is 11.5 Å². The third-order valence-electron chi connectivity index (χ3n) is 2.13. The van der Waals surface area contributed by atoms with Gasteiger partial charge >= 0.3 is 0 Å². The van der Waals surface area contributed by atoms with Crippen LogP contribution in [-0.2, 0) is 10.0 Å². The summed E-state index contributed by atoms with van der Waals surface area (Å²) in [5.74, 6) is -0.663. The quantitative estimate of drug-likeness (QED) is 0.927. The lowest BCUT2D eigenvalue weighted by molar-refractivity contribution is 0.0985. The molecule has 0 saturated heterocycles. The van der Waals surface area contributed by atoms with Crippen LogP contribution in [0.25, 0.3) is 0 Å². The molecule has 0 saturated carbocycles. The number of carbonyl (C=O) groups is 1. The van der Waals surface area contributed by atoms with E-state index in [1.165, 1.54) is 12.1 Å². The fraction of sp³-hybridized carbons (Fsp3) is 0.0909. The molecule has 0 spiro atoms. The molecule has 0 aliphatic rings. The van der Waals surface area contributed by atoms with Gasteiger partial charge in [0.25, 0.3) is 15.9 Å². The Kier molecular flexibility index (Phi) is 3.44. The van der Waals surface area contributed by atoms with Crippen LogP contribution in [0, 0.1) is 6.92 Å². The van der Waals surface area contributed by atoms with Crippen LogP contribution in [0.15, 0.2) is 41.3 Å². The Bertz CT molecular complexity index is 663. The van der Waals surface area contributed by atoms with E-state index in [-0.39, 0.29) is 9.77 Å². The van der Waals surface area contributed by atoms with E-state index < -0.39 is 15.9 Å². The van der Waals surface area contributed by atoms with Crippen LogP contribution < -0.4 is 4.72 Å². The third kappa shape index (κ3) is 2.74. The number of carbonyl (C=O) groups excluding carboxylic acids is 1. The van der Waals surface area contributed by atoms with Gasteiger partial charge in [-0.25, -0.2) is 13.1 Å². The molecule has 18 heavy (non-hydrogen) atoms. The summed E-state index contributed by atoms with van der Waals surface area (Å²) in [7, 11) is -3.82. The molecular formula is C11H10N2O3S2. The number of nitrogens with zero attached hydrogens (tertiary/aromatic N) is 1. The van der Waals surface area contributed by atoms with Gasteiger partial charge in [0, 0.05) is 0 Å². The highest BCUT2D eigenvalue weighted by molar-refractivity contribution is 7.90.